The van der Waals surface area contributed by atoms with Crippen molar-refractivity contribution in [2.75, 3.05) is 6.61 Å². The van der Waals surface area contributed by atoms with E-state index in [1.54, 1.807) is 0 Å². The molecule has 0 fully saturated rings. The Labute approximate surface area is 200 Å². The van der Waals surface area contributed by atoms with Crippen molar-refractivity contribution in [2.45, 2.75) is 131 Å². The lowest BCUT2D eigenvalue weighted by Gasteiger charge is -2.04. The van der Waals surface area contributed by atoms with Crippen LogP contribution in [0.2, 0.25) is 0 Å². The van der Waals surface area contributed by atoms with E-state index in [2.05, 4.69) is 65.8 Å². The molecule has 0 unspecified atom stereocenters. The number of ether oxygens (including phenoxy) is 1. The molecule has 0 N–H and O–H groups in total. The van der Waals surface area contributed by atoms with Crippen LogP contribution in [0.3, 0.4) is 0 Å². The summed E-state index contributed by atoms with van der Waals surface area (Å²) in [6.45, 7) is 13.6. The van der Waals surface area contributed by atoms with Crippen LogP contribution in [-0.2, 0) is 9.53 Å². The summed E-state index contributed by atoms with van der Waals surface area (Å²) in [5.41, 5.74) is 5.67. The van der Waals surface area contributed by atoms with Gasteiger partial charge in [0.15, 0.2) is 0 Å². The van der Waals surface area contributed by atoms with Crippen LogP contribution in [0.1, 0.15) is 131 Å². The Bertz CT molecular complexity index is 600. The van der Waals surface area contributed by atoms with Crippen molar-refractivity contribution in [1.82, 2.24) is 0 Å². The van der Waals surface area contributed by atoms with E-state index in [9.17, 15) is 4.79 Å². The third-order valence-corrected chi connectivity index (χ3v) is 5.81. The monoisotopic (exact) mass is 444 g/mol. The predicted octanol–water partition coefficient (Wildman–Crippen LogP) is 9.82. The zero-order valence-corrected chi connectivity index (χ0v) is 22.2. The van der Waals surface area contributed by atoms with E-state index in [4.69, 9.17) is 4.74 Å². The van der Waals surface area contributed by atoms with Gasteiger partial charge in [-0.1, -0.05) is 86.0 Å². The van der Waals surface area contributed by atoms with Crippen LogP contribution in [0.25, 0.3) is 0 Å². The molecular weight excluding hydrogens is 392 g/mol. The molecule has 0 aromatic rings. The van der Waals surface area contributed by atoms with Gasteiger partial charge < -0.3 is 4.74 Å². The van der Waals surface area contributed by atoms with Crippen molar-refractivity contribution < 1.29 is 9.53 Å². The van der Waals surface area contributed by atoms with Gasteiger partial charge in [0.1, 0.15) is 6.61 Å². The Balaban J connectivity index is 3.87. The lowest BCUT2D eigenvalue weighted by atomic mass is 10.0. The van der Waals surface area contributed by atoms with Gasteiger partial charge in [0.05, 0.1) is 0 Å². The van der Waals surface area contributed by atoms with Crippen LogP contribution in [0, 0.1) is 0 Å². The maximum atomic E-state index is 11.8. The molecule has 0 bridgehead atoms. The fraction of sp³-hybridized carbons (Fsp3) is 0.700. The summed E-state index contributed by atoms with van der Waals surface area (Å²) in [4.78, 5) is 11.8. The molecule has 0 aromatic heterocycles. The summed E-state index contributed by atoms with van der Waals surface area (Å²) >= 11 is 0. The van der Waals surface area contributed by atoms with Gasteiger partial charge in [0.25, 0.3) is 0 Å². The van der Waals surface area contributed by atoms with Crippen molar-refractivity contribution in [3.8, 4) is 0 Å². The fourth-order valence-electron chi connectivity index (χ4n) is 3.56. The highest BCUT2D eigenvalue weighted by Gasteiger charge is 2.01. The van der Waals surface area contributed by atoms with E-state index in [0.717, 1.165) is 44.9 Å². The Morgan fingerprint density at radius 3 is 1.59 bits per heavy atom. The zero-order valence-electron chi connectivity index (χ0n) is 22.2. The third-order valence-electron chi connectivity index (χ3n) is 5.81. The number of carbonyl (C=O) groups is 1. The van der Waals surface area contributed by atoms with Crippen molar-refractivity contribution >= 4 is 5.97 Å². The maximum Gasteiger partial charge on any atom is 0.306 e. The second kappa shape index (κ2) is 21.3. The Morgan fingerprint density at radius 2 is 1.06 bits per heavy atom. The lowest BCUT2D eigenvalue weighted by Crippen LogP contribution is -2.04. The smallest absolute Gasteiger partial charge is 0.306 e. The molecule has 0 saturated carbocycles. The van der Waals surface area contributed by atoms with Crippen molar-refractivity contribution in [3.63, 3.8) is 0 Å². The summed E-state index contributed by atoms with van der Waals surface area (Å²) in [5, 5.41) is 0. The number of esters is 1. The summed E-state index contributed by atoms with van der Waals surface area (Å²) in [6, 6.07) is 0. The van der Waals surface area contributed by atoms with Crippen molar-refractivity contribution in [1.29, 1.82) is 0 Å². The first-order valence-electron chi connectivity index (χ1n) is 13.1. The molecule has 0 saturated heterocycles. The number of hydrogen-bond acceptors (Lipinski definition) is 2. The van der Waals surface area contributed by atoms with Crippen LogP contribution in [0.4, 0.5) is 0 Å². The Hall–Kier alpha value is -1.57. The first kappa shape index (κ1) is 30.4. The van der Waals surface area contributed by atoms with Crippen LogP contribution in [0.5, 0.6) is 0 Å². The molecule has 32 heavy (non-hydrogen) atoms. The van der Waals surface area contributed by atoms with E-state index in [1.807, 2.05) is 0 Å². The third kappa shape index (κ3) is 21.7. The van der Waals surface area contributed by atoms with E-state index >= 15 is 0 Å². The van der Waals surface area contributed by atoms with Gasteiger partial charge in [-0.05, 0) is 85.6 Å². The van der Waals surface area contributed by atoms with Crippen molar-refractivity contribution in [3.05, 3.63) is 46.6 Å². The number of hydrogen-bond donors (Lipinski definition) is 0. The molecule has 0 amide bonds. The average Bonchev–Trinajstić information content (AvgIpc) is 2.73. The second-order valence-corrected chi connectivity index (χ2v) is 9.60. The number of unbranched alkanes of at least 4 members (excludes halogenated alkanes) is 6. The summed E-state index contributed by atoms with van der Waals surface area (Å²) in [7, 11) is 0. The highest BCUT2D eigenvalue weighted by molar-refractivity contribution is 5.69. The minimum absolute atomic E-state index is 0.0532. The predicted molar refractivity (Wildman–Crippen MR) is 142 cm³/mol. The molecule has 0 aromatic carbocycles. The van der Waals surface area contributed by atoms with E-state index < -0.39 is 0 Å². The average molecular weight is 445 g/mol. The Kier molecular flexibility index (Phi) is 20.2. The van der Waals surface area contributed by atoms with Gasteiger partial charge in [-0.15, -0.1) is 0 Å². The molecule has 0 atom stereocenters. The van der Waals surface area contributed by atoms with Crippen LogP contribution >= 0.6 is 0 Å². The molecule has 0 radical (unpaired) electrons. The highest BCUT2D eigenvalue weighted by atomic mass is 16.5. The van der Waals surface area contributed by atoms with Crippen molar-refractivity contribution in [2.24, 2.45) is 0 Å². The van der Waals surface area contributed by atoms with Gasteiger partial charge >= 0.3 is 5.97 Å². The van der Waals surface area contributed by atoms with Gasteiger partial charge in [0, 0.05) is 6.42 Å². The number of allylic oxidation sites excluding steroid dienone is 7. The summed E-state index contributed by atoms with van der Waals surface area (Å²) in [5.74, 6) is -0.0532. The molecule has 0 spiro atoms. The molecule has 2 heteroatoms. The normalized spacial score (nSPS) is 12.8. The zero-order chi connectivity index (χ0) is 24.0. The SMILES string of the molecule is CCCCCCCCCC(=O)OCC=C(C)CCC=C(C)CCC=C(C)CCC=C(C)C. The highest BCUT2D eigenvalue weighted by Crippen LogP contribution is 2.14. The van der Waals surface area contributed by atoms with Crippen LogP contribution in [-0.4, -0.2) is 12.6 Å². The van der Waals surface area contributed by atoms with E-state index in [0.29, 0.717) is 13.0 Å². The maximum absolute atomic E-state index is 11.8. The molecule has 2 nitrogen and oxygen atoms in total. The molecule has 0 heterocycles. The number of carbonyl (C=O) groups excluding carboxylic acids is 1. The molecular formula is C30H52O2. The molecule has 184 valence electrons. The lowest BCUT2D eigenvalue weighted by molar-refractivity contribution is -0.142. The summed E-state index contributed by atoms with van der Waals surface area (Å²) < 4.78 is 5.36. The Morgan fingerprint density at radius 1 is 0.594 bits per heavy atom. The van der Waals surface area contributed by atoms with Gasteiger partial charge in [0.2, 0.25) is 0 Å². The minimum Gasteiger partial charge on any atom is -0.461 e. The first-order valence-corrected chi connectivity index (χ1v) is 13.1. The molecule has 0 aliphatic carbocycles. The second-order valence-electron chi connectivity index (χ2n) is 9.60. The van der Waals surface area contributed by atoms with E-state index in [1.165, 1.54) is 60.8 Å². The molecule has 0 rings (SSSR count). The minimum atomic E-state index is -0.0532. The quantitative estimate of drug-likeness (QED) is 0.112. The van der Waals surface area contributed by atoms with Gasteiger partial charge in [-0.3, -0.25) is 4.79 Å². The van der Waals surface area contributed by atoms with Crippen LogP contribution in [0.15, 0.2) is 46.6 Å². The number of rotatable bonds is 19. The summed E-state index contributed by atoms with van der Waals surface area (Å²) in [6.07, 6.45) is 24.9. The topological polar surface area (TPSA) is 26.3 Å². The molecule has 0 aliphatic heterocycles. The first-order chi connectivity index (χ1) is 15.3. The molecule has 0 aliphatic rings. The fourth-order valence-corrected chi connectivity index (χ4v) is 3.56. The van der Waals surface area contributed by atoms with E-state index in [-0.39, 0.29) is 5.97 Å². The van der Waals surface area contributed by atoms with Gasteiger partial charge in [-0.25, -0.2) is 0 Å². The van der Waals surface area contributed by atoms with Gasteiger partial charge in [-0.2, -0.15) is 0 Å². The largest absolute Gasteiger partial charge is 0.461 e. The van der Waals surface area contributed by atoms with Crippen LogP contribution < -0.4 is 0 Å². The standard InChI is InChI=1S/C30H52O2/c1-7-8-9-10-11-12-13-23-30(31)32-25-24-29(6)22-16-21-28(5)20-15-19-27(4)18-14-17-26(2)3/h17,19,21,24H,7-16,18,20,22-23,25H2,1-6H3.